The van der Waals surface area contributed by atoms with Crippen molar-refractivity contribution >= 4 is 6.47 Å². The zero-order valence-electron chi connectivity index (χ0n) is 4.90. The molecule has 0 bridgehead atoms. The Bertz CT molecular complexity index is 149. The van der Waals surface area contributed by atoms with Crippen LogP contribution >= 0.6 is 0 Å². The Hall–Kier alpha value is -1.39. The number of aromatic amines is 1. The molecule has 0 spiro atoms. The molecule has 0 aromatic carbocycles. The second kappa shape index (κ2) is 4.76. The standard InChI is InChI=1S/C3H5N3.CH2O2/c1-3-2-4-6-5-3;2-1-3/h2H,1H3,(H,4,5,6);1H,(H,2,3). The van der Waals surface area contributed by atoms with Gasteiger partial charge in [0, 0.05) is 6.20 Å². The van der Waals surface area contributed by atoms with Crippen LogP contribution in [0.4, 0.5) is 0 Å². The second-order valence-electron chi connectivity index (χ2n) is 1.22. The minimum Gasteiger partial charge on any atom is -0.483 e. The number of hydrogen-bond donors (Lipinski definition) is 2. The molecule has 50 valence electrons. The van der Waals surface area contributed by atoms with E-state index in [-0.39, 0.29) is 6.47 Å². The third kappa shape index (κ3) is 4.46. The molecule has 5 nitrogen and oxygen atoms in total. The molecular formula is C4H7N3O2. The van der Waals surface area contributed by atoms with Crippen molar-refractivity contribution in [2.45, 2.75) is 6.92 Å². The summed E-state index contributed by atoms with van der Waals surface area (Å²) in [6.45, 7) is 1.63. The third-order valence-corrected chi connectivity index (χ3v) is 0.539. The molecule has 9 heavy (non-hydrogen) atoms. The SMILES string of the molecule is Cc1c[nH]nn1.O=CO. The lowest BCUT2D eigenvalue weighted by molar-refractivity contribution is -0.122. The van der Waals surface area contributed by atoms with E-state index in [9.17, 15) is 0 Å². The molecule has 0 amide bonds. The summed E-state index contributed by atoms with van der Waals surface area (Å²) in [7, 11) is 0. The van der Waals surface area contributed by atoms with E-state index in [1.54, 1.807) is 6.20 Å². The Morgan fingerprint density at radius 2 is 2.44 bits per heavy atom. The Kier molecular flexibility index (Phi) is 4.03. The van der Waals surface area contributed by atoms with Crippen molar-refractivity contribution in [3.05, 3.63) is 11.9 Å². The summed E-state index contributed by atoms with van der Waals surface area (Å²) in [5.74, 6) is 0. The molecule has 0 saturated heterocycles. The number of hydrogen-bond acceptors (Lipinski definition) is 3. The lowest BCUT2D eigenvalue weighted by atomic mass is 10.6. The zero-order chi connectivity index (χ0) is 7.11. The minimum atomic E-state index is -0.250. The van der Waals surface area contributed by atoms with Crippen LogP contribution < -0.4 is 0 Å². The monoisotopic (exact) mass is 129 g/mol. The average molecular weight is 129 g/mol. The predicted octanol–water partition coefficient (Wildman–Crippen LogP) is -0.186. The molecule has 0 unspecified atom stereocenters. The first kappa shape index (κ1) is 7.61. The fraction of sp³-hybridized carbons (Fsp3) is 0.250. The van der Waals surface area contributed by atoms with Gasteiger partial charge in [-0.15, -0.1) is 5.10 Å². The third-order valence-electron chi connectivity index (χ3n) is 0.539. The zero-order valence-corrected chi connectivity index (χ0v) is 4.90. The topological polar surface area (TPSA) is 78.9 Å². The Morgan fingerprint density at radius 1 is 1.89 bits per heavy atom. The van der Waals surface area contributed by atoms with E-state index >= 15 is 0 Å². The van der Waals surface area contributed by atoms with Crippen LogP contribution in [0, 0.1) is 6.92 Å². The van der Waals surface area contributed by atoms with Crippen LogP contribution in [0.15, 0.2) is 6.20 Å². The number of aromatic nitrogens is 3. The van der Waals surface area contributed by atoms with E-state index < -0.39 is 0 Å². The normalized spacial score (nSPS) is 7.22. The molecule has 1 rings (SSSR count). The number of rotatable bonds is 0. The Morgan fingerprint density at radius 3 is 2.56 bits per heavy atom. The molecule has 0 atom stereocenters. The summed E-state index contributed by atoms with van der Waals surface area (Å²) in [6.07, 6.45) is 1.74. The summed E-state index contributed by atoms with van der Waals surface area (Å²) in [5.41, 5.74) is 0.926. The van der Waals surface area contributed by atoms with E-state index in [2.05, 4.69) is 15.4 Å². The van der Waals surface area contributed by atoms with Crippen molar-refractivity contribution in [2.24, 2.45) is 0 Å². The van der Waals surface area contributed by atoms with Crippen LogP contribution in [-0.4, -0.2) is 27.0 Å². The Balaban J connectivity index is 0.000000187. The van der Waals surface area contributed by atoms with Gasteiger partial charge in [-0.3, -0.25) is 9.89 Å². The van der Waals surface area contributed by atoms with Crippen LogP contribution in [-0.2, 0) is 4.79 Å². The summed E-state index contributed by atoms with van der Waals surface area (Å²) in [5, 5.41) is 16.5. The molecule has 0 aliphatic rings. The molecule has 0 aliphatic carbocycles. The van der Waals surface area contributed by atoms with Gasteiger partial charge in [0.25, 0.3) is 6.47 Å². The summed E-state index contributed by atoms with van der Waals surface area (Å²) in [6, 6.07) is 0. The number of nitrogens with zero attached hydrogens (tertiary/aromatic N) is 2. The molecule has 1 aromatic rings. The minimum absolute atomic E-state index is 0.250. The number of carboxylic acid groups (broad SMARTS) is 1. The first-order valence-corrected chi connectivity index (χ1v) is 2.22. The quantitative estimate of drug-likeness (QED) is 0.476. The van der Waals surface area contributed by atoms with Crippen molar-refractivity contribution in [1.29, 1.82) is 0 Å². The molecule has 1 heterocycles. The molecular weight excluding hydrogens is 122 g/mol. The van der Waals surface area contributed by atoms with Gasteiger partial charge in [-0.2, -0.15) is 0 Å². The van der Waals surface area contributed by atoms with Gasteiger partial charge in [0.2, 0.25) is 0 Å². The van der Waals surface area contributed by atoms with Crippen LogP contribution in [0.3, 0.4) is 0 Å². The summed E-state index contributed by atoms with van der Waals surface area (Å²) >= 11 is 0. The van der Waals surface area contributed by atoms with Gasteiger partial charge in [-0.1, -0.05) is 5.21 Å². The molecule has 0 aliphatic heterocycles. The summed E-state index contributed by atoms with van der Waals surface area (Å²) in [4.78, 5) is 8.36. The van der Waals surface area contributed by atoms with E-state index in [0.717, 1.165) is 5.69 Å². The van der Waals surface area contributed by atoms with Gasteiger partial charge < -0.3 is 5.11 Å². The Labute approximate surface area is 51.7 Å². The van der Waals surface area contributed by atoms with Gasteiger partial charge in [0.05, 0.1) is 5.69 Å². The largest absolute Gasteiger partial charge is 0.483 e. The van der Waals surface area contributed by atoms with Crippen LogP contribution in [0.2, 0.25) is 0 Å². The first-order valence-electron chi connectivity index (χ1n) is 2.22. The number of carbonyl (C=O) groups is 1. The summed E-state index contributed by atoms with van der Waals surface area (Å²) < 4.78 is 0. The fourth-order valence-corrected chi connectivity index (χ4v) is 0.259. The highest BCUT2D eigenvalue weighted by Crippen LogP contribution is 1.77. The highest BCUT2D eigenvalue weighted by atomic mass is 16.3. The predicted molar refractivity (Wildman–Crippen MR) is 29.8 cm³/mol. The van der Waals surface area contributed by atoms with Crippen LogP contribution in [0.25, 0.3) is 0 Å². The molecule has 0 saturated carbocycles. The van der Waals surface area contributed by atoms with Crippen molar-refractivity contribution < 1.29 is 9.90 Å². The lowest BCUT2D eigenvalue weighted by Crippen LogP contribution is -1.66. The van der Waals surface area contributed by atoms with Crippen LogP contribution in [0.5, 0.6) is 0 Å². The van der Waals surface area contributed by atoms with E-state index in [1.807, 2.05) is 6.92 Å². The lowest BCUT2D eigenvalue weighted by Gasteiger charge is -1.61. The highest BCUT2D eigenvalue weighted by molar-refractivity contribution is 5.32. The molecule has 0 fully saturated rings. The van der Waals surface area contributed by atoms with Gasteiger partial charge in [0.1, 0.15) is 0 Å². The maximum absolute atomic E-state index is 8.36. The molecule has 1 aromatic heterocycles. The van der Waals surface area contributed by atoms with E-state index in [1.165, 1.54) is 0 Å². The first-order chi connectivity index (χ1) is 4.31. The maximum atomic E-state index is 8.36. The van der Waals surface area contributed by atoms with E-state index in [4.69, 9.17) is 9.90 Å². The second-order valence-corrected chi connectivity index (χ2v) is 1.22. The number of aryl methyl sites for hydroxylation is 1. The van der Waals surface area contributed by atoms with Crippen molar-refractivity contribution in [2.75, 3.05) is 0 Å². The maximum Gasteiger partial charge on any atom is 0.290 e. The van der Waals surface area contributed by atoms with Crippen LogP contribution in [0.1, 0.15) is 5.69 Å². The van der Waals surface area contributed by atoms with Gasteiger partial charge >= 0.3 is 0 Å². The molecule has 2 N–H and O–H groups in total. The van der Waals surface area contributed by atoms with Gasteiger partial charge in [-0.25, -0.2) is 0 Å². The van der Waals surface area contributed by atoms with Crippen molar-refractivity contribution in [3.8, 4) is 0 Å². The van der Waals surface area contributed by atoms with Crippen molar-refractivity contribution in [3.63, 3.8) is 0 Å². The smallest absolute Gasteiger partial charge is 0.290 e. The highest BCUT2D eigenvalue weighted by Gasteiger charge is 1.76. The van der Waals surface area contributed by atoms with Gasteiger partial charge in [-0.05, 0) is 6.92 Å². The van der Waals surface area contributed by atoms with E-state index in [0.29, 0.717) is 0 Å². The number of H-pyrrole nitrogens is 1. The average Bonchev–Trinajstić information content (AvgIpc) is 2.20. The number of nitrogens with one attached hydrogen (secondary N) is 1. The molecule has 0 radical (unpaired) electrons. The van der Waals surface area contributed by atoms with Crippen molar-refractivity contribution in [1.82, 2.24) is 15.4 Å². The molecule has 5 heteroatoms. The van der Waals surface area contributed by atoms with Gasteiger partial charge in [0.15, 0.2) is 0 Å². The fourth-order valence-electron chi connectivity index (χ4n) is 0.259.